The number of fused-ring (bicyclic) bond motifs is 1. The predicted molar refractivity (Wildman–Crippen MR) is 64.8 cm³/mol. The van der Waals surface area contributed by atoms with Crippen LogP contribution in [0.2, 0.25) is 0 Å². The van der Waals surface area contributed by atoms with Gasteiger partial charge in [0.1, 0.15) is 5.37 Å². The van der Waals surface area contributed by atoms with Crippen LogP contribution in [0.1, 0.15) is 5.37 Å². The van der Waals surface area contributed by atoms with Gasteiger partial charge in [-0.05, 0) is 12.1 Å². The van der Waals surface area contributed by atoms with Crippen molar-refractivity contribution in [1.29, 1.82) is 0 Å². The van der Waals surface area contributed by atoms with Crippen LogP contribution in [-0.4, -0.2) is 33.7 Å². The van der Waals surface area contributed by atoms with Gasteiger partial charge in [-0.25, -0.2) is 10.00 Å². The molecule has 1 aliphatic heterocycles. The lowest BCUT2D eigenvalue weighted by atomic mass is 10.2. The molecule has 0 bridgehead atoms. The second kappa shape index (κ2) is 3.99. The SMILES string of the molecule is Oc1nn(C2C[N]CCS2)c2ccccc12. The number of hydrogen-bond donors (Lipinski definition) is 1. The third kappa shape index (κ3) is 1.56. The number of aromatic hydroxyl groups is 1. The molecule has 0 spiro atoms. The lowest BCUT2D eigenvalue weighted by Gasteiger charge is -2.21. The van der Waals surface area contributed by atoms with Crippen molar-refractivity contribution < 1.29 is 5.11 Å². The summed E-state index contributed by atoms with van der Waals surface area (Å²) < 4.78 is 1.89. The van der Waals surface area contributed by atoms with Gasteiger partial charge in [0.2, 0.25) is 5.88 Å². The molecule has 5 heteroatoms. The first kappa shape index (κ1) is 9.99. The van der Waals surface area contributed by atoms with Gasteiger partial charge in [-0.2, -0.15) is 0 Å². The Labute approximate surface area is 97.6 Å². The van der Waals surface area contributed by atoms with Crippen LogP contribution < -0.4 is 5.32 Å². The molecule has 0 amide bonds. The smallest absolute Gasteiger partial charge is 0.238 e. The lowest BCUT2D eigenvalue weighted by molar-refractivity contribution is 0.436. The highest BCUT2D eigenvalue weighted by atomic mass is 32.2. The Morgan fingerprint density at radius 2 is 2.25 bits per heavy atom. The average Bonchev–Trinajstić information content (AvgIpc) is 2.69. The van der Waals surface area contributed by atoms with E-state index in [0.717, 1.165) is 29.7 Å². The topological polar surface area (TPSA) is 52.2 Å². The van der Waals surface area contributed by atoms with Gasteiger partial charge in [0, 0.05) is 18.8 Å². The molecular weight excluding hydrogens is 222 g/mol. The number of para-hydroxylation sites is 1. The zero-order chi connectivity index (χ0) is 11.0. The van der Waals surface area contributed by atoms with E-state index in [1.54, 1.807) is 0 Å². The molecule has 4 nitrogen and oxygen atoms in total. The van der Waals surface area contributed by atoms with E-state index in [4.69, 9.17) is 0 Å². The van der Waals surface area contributed by atoms with Crippen LogP contribution in [-0.2, 0) is 0 Å². The molecule has 1 unspecified atom stereocenters. The predicted octanol–water partition coefficient (Wildman–Crippen LogP) is 1.59. The van der Waals surface area contributed by atoms with E-state index >= 15 is 0 Å². The summed E-state index contributed by atoms with van der Waals surface area (Å²) in [6.07, 6.45) is 0. The summed E-state index contributed by atoms with van der Waals surface area (Å²) in [4.78, 5) is 0. The van der Waals surface area contributed by atoms with Gasteiger partial charge >= 0.3 is 0 Å². The number of thioether (sulfide) groups is 1. The molecule has 1 fully saturated rings. The molecule has 3 rings (SSSR count). The Morgan fingerprint density at radius 3 is 3.06 bits per heavy atom. The quantitative estimate of drug-likeness (QED) is 0.815. The highest BCUT2D eigenvalue weighted by molar-refractivity contribution is 7.99. The zero-order valence-corrected chi connectivity index (χ0v) is 9.52. The highest BCUT2D eigenvalue weighted by Gasteiger charge is 2.20. The molecule has 1 aliphatic rings. The molecule has 0 saturated carbocycles. The number of nitrogens with zero attached hydrogens (tertiary/aromatic N) is 3. The van der Waals surface area contributed by atoms with Gasteiger partial charge in [-0.3, -0.25) is 0 Å². The summed E-state index contributed by atoms with van der Waals surface area (Å²) >= 11 is 1.84. The normalized spacial score (nSPS) is 21.4. The summed E-state index contributed by atoms with van der Waals surface area (Å²) in [7, 11) is 0. The Morgan fingerprint density at radius 1 is 1.38 bits per heavy atom. The summed E-state index contributed by atoms with van der Waals surface area (Å²) in [5.41, 5.74) is 0.981. The summed E-state index contributed by atoms with van der Waals surface area (Å²) in [5.74, 6) is 1.14. The highest BCUT2D eigenvalue weighted by Crippen LogP contribution is 2.31. The molecule has 2 aromatic rings. The maximum Gasteiger partial charge on any atom is 0.238 e. The summed E-state index contributed by atoms with van der Waals surface area (Å²) in [6, 6.07) is 7.74. The van der Waals surface area contributed by atoms with Crippen molar-refractivity contribution in [2.24, 2.45) is 0 Å². The maximum absolute atomic E-state index is 9.75. The number of rotatable bonds is 1. The van der Waals surface area contributed by atoms with Crippen LogP contribution >= 0.6 is 11.8 Å². The molecule has 1 N–H and O–H groups in total. The van der Waals surface area contributed by atoms with Crippen LogP contribution in [0.5, 0.6) is 5.88 Å². The summed E-state index contributed by atoms with van der Waals surface area (Å²) in [5, 5.41) is 19.4. The van der Waals surface area contributed by atoms with Crippen LogP contribution in [0.4, 0.5) is 0 Å². The third-order valence-electron chi connectivity index (χ3n) is 2.71. The average molecular weight is 234 g/mol. The van der Waals surface area contributed by atoms with Crippen molar-refractivity contribution >= 4 is 22.7 Å². The molecule has 1 aromatic carbocycles. The maximum atomic E-state index is 9.75. The fourth-order valence-corrected chi connectivity index (χ4v) is 2.97. The molecule has 0 aliphatic carbocycles. The molecule has 1 saturated heterocycles. The number of aromatic nitrogens is 2. The Hall–Kier alpha value is -1.20. The van der Waals surface area contributed by atoms with Crippen LogP contribution in [0, 0.1) is 0 Å². The molecule has 16 heavy (non-hydrogen) atoms. The minimum atomic E-state index is 0.113. The van der Waals surface area contributed by atoms with Crippen LogP contribution in [0.3, 0.4) is 0 Å². The number of hydrogen-bond acceptors (Lipinski definition) is 3. The van der Waals surface area contributed by atoms with Gasteiger partial charge in [0.25, 0.3) is 0 Å². The minimum absolute atomic E-state index is 0.113. The second-order valence-electron chi connectivity index (χ2n) is 3.74. The first-order valence-electron chi connectivity index (χ1n) is 5.27. The molecule has 2 heterocycles. The van der Waals surface area contributed by atoms with Gasteiger partial charge < -0.3 is 5.11 Å². The van der Waals surface area contributed by atoms with Crippen molar-refractivity contribution in [2.75, 3.05) is 18.8 Å². The van der Waals surface area contributed by atoms with Crippen molar-refractivity contribution in [3.05, 3.63) is 24.3 Å². The van der Waals surface area contributed by atoms with E-state index in [1.165, 1.54) is 0 Å². The molecule has 1 aromatic heterocycles. The number of benzene rings is 1. The van der Waals surface area contributed by atoms with Crippen molar-refractivity contribution in [1.82, 2.24) is 15.1 Å². The minimum Gasteiger partial charge on any atom is -0.492 e. The fraction of sp³-hybridized carbons (Fsp3) is 0.364. The van der Waals surface area contributed by atoms with E-state index in [2.05, 4.69) is 10.4 Å². The van der Waals surface area contributed by atoms with Crippen LogP contribution in [0.25, 0.3) is 10.9 Å². The molecule has 1 radical (unpaired) electrons. The fourth-order valence-electron chi connectivity index (χ4n) is 1.95. The van der Waals surface area contributed by atoms with Crippen molar-refractivity contribution in [3.8, 4) is 5.88 Å². The van der Waals surface area contributed by atoms with E-state index in [0.29, 0.717) is 0 Å². The van der Waals surface area contributed by atoms with E-state index in [-0.39, 0.29) is 11.3 Å². The monoisotopic (exact) mass is 234 g/mol. The standard InChI is InChI=1S/C11H12N3OS/c15-11-8-3-1-2-4-9(8)14(13-11)10-7-12-5-6-16-10/h1-4,10H,5-7H2,(H,13,15). The Kier molecular flexibility index (Phi) is 2.49. The van der Waals surface area contributed by atoms with Gasteiger partial charge in [-0.15, -0.1) is 16.9 Å². The van der Waals surface area contributed by atoms with E-state index < -0.39 is 0 Å². The Bertz CT molecular complexity index is 505. The first-order chi connectivity index (χ1) is 7.86. The van der Waals surface area contributed by atoms with Gasteiger partial charge in [0.05, 0.1) is 10.9 Å². The van der Waals surface area contributed by atoms with Crippen molar-refractivity contribution in [2.45, 2.75) is 5.37 Å². The lowest BCUT2D eigenvalue weighted by Crippen LogP contribution is -2.26. The van der Waals surface area contributed by atoms with E-state index in [9.17, 15) is 5.11 Å². The molecule has 83 valence electrons. The molecular formula is C11H12N3OS. The first-order valence-corrected chi connectivity index (χ1v) is 6.32. The van der Waals surface area contributed by atoms with Gasteiger partial charge in [0.15, 0.2) is 0 Å². The largest absolute Gasteiger partial charge is 0.492 e. The van der Waals surface area contributed by atoms with Crippen LogP contribution in [0.15, 0.2) is 24.3 Å². The second-order valence-corrected chi connectivity index (χ2v) is 5.03. The van der Waals surface area contributed by atoms with Gasteiger partial charge in [-0.1, -0.05) is 12.1 Å². The van der Waals surface area contributed by atoms with E-state index in [1.807, 2.05) is 40.7 Å². The van der Waals surface area contributed by atoms with Crippen molar-refractivity contribution in [3.63, 3.8) is 0 Å². The third-order valence-corrected chi connectivity index (χ3v) is 3.86. The summed E-state index contributed by atoms with van der Waals surface area (Å²) in [6.45, 7) is 1.70. The molecule has 1 atom stereocenters. The Balaban J connectivity index is 2.08. The zero-order valence-electron chi connectivity index (χ0n) is 8.71.